The number of hydrogen-bond acceptors (Lipinski definition) is 6. The van der Waals surface area contributed by atoms with Crippen molar-refractivity contribution in [1.82, 2.24) is 30.1 Å². The normalized spacial score (nSPS) is 11.0. The fraction of sp³-hybridized carbons (Fsp3) is 0.176. The Hall–Kier alpha value is -3.42. The van der Waals surface area contributed by atoms with Crippen LogP contribution < -0.4 is 10.6 Å². The molecule has 0 fully saturated rings. The number of anilines is 3. The maximum Gasteiger partial charge on any atom is 0.224 e. The number of aromatic nitrogens is 6. The third kappa shape index (κ3) is 2.78. The second-order valence-electron chi connectivity index (χ2n) is 5.84. The molecule has 8 heteroatoms. The first-order valence-corrected chi connectivity index (χ1v) is 7.92. The molecule has 25 heavy (non-hydrogen) atoms. The summed E-state index contributed by atoms with van der Waals surface area (Å²) >= 11 is 0. The molecule has 4 N–H and O–H groups in total. The maximum atomic E-state index is 4.68. The fourth-order valence-corrected chi connectivity index (χ4v) is 2.64. The van der Waals surface area contributed by atoms with E-state index in [4.69, 9.17) is 0 Å². The Morgan fingerprint density at radius 2 is 1.92 bits per heavy atom. The van der Waals surface area contributed by atoms with Crippen molar-refractivity contribution in [3.63, 3.8) is 0 Å². The summed E-state index contributed by atoms with van der Waals surface area (Å²) in [4.78, 5) is 16.5. The van der Waals surface area contributed by atoms with Gasteiger partial charge >= 0.3 is 0 Å². The van der Waals surface area contributed by atoms with Gasteiger partial charge in [-0.2, -0.15) is 10.1 Å². The third-order valence-corrected chi connectivity index (χ3v) is 4.12. The number of rotatable bonds is 4. The second kappa shape index (κ2) is 5.90. The number of H-pyrrole nitrogens is 2. The Morgan fingerprint density at radius 3 is 2.76 bits per heavy atom. The number of aromatic amines is 2. The van der Waals surface area contributed by atoms with E-state index in [1.807, 2.05) is 0 Å². The lowest BCUT2D eigenvalue weighted by Crippen LogP contribution is -2.00. The minimum atomic E-state index is 0.546. The van der Waals surface area contributed by atoms with E-state index in [-0.39, 0.29) is 0 Å². The molecular formula is C17H18N8. The highest BCUT2D eigenvalue weighted by Crippen LogP contribution is 2.28. The first kappa shape index (κ1) is 15.1. The van der Waals surface area contributed by atoms with Gasteiger partial charge in [0.2, 0.25) is 5.95 Å². The van der Waals surface area contributed by atoms with Crippen LogP contribution in [0.2, 0.25) is 0 Å². The van der Waals surface area contributed by atoms with E-state index in [1.165, 1.54) is 11.1 Å². The van der Waals surface area contributed by atoms with Gasteiger partial charge in [0.15, 0.2) is 5.82 Å². The fourth-order valence-electron chi connectivity index (χ4n) is 2.64. The Kier molecular flexibility index (Phi) is 3.57. The number of aryl methyl sites for hydroxylation is 2. The van der Waals surface area contributed by atoms with Crippen LogP contribution >= 0.6 is 0 Å². The van der Waals surface area contributed by atoms with Crippen molar-refractivity contribution in [2.75, 3.05) is 17.7 Å². The lowest BCUT2D eigenvalue weighted by Gasteiger charge is -2.05. The number of fused-ring (bicyclic) bond motifs is 1. The van der Waals surface area contributed by atoms with Crippen LogP contribution in [0.25, 0.3) is 22.6 Å². The molecule has 3 heterocycles. The number of nitrogens with one attached hydrogen (secondary N) is 4. The predicted octanol–water partition coefficient (Wildman–Crippen LogP) is 3.15. The van der Waals surface area contributed by atoms with Crippen LogP contribution in [0.5, 0.6) is 0 Å². The first-order chi connectivity index (χ1) is 12.1. The maximum absolute atomic E-state index is 4.68. The topological polar surface area (TPSA) is 107 Å². The molecular weight excluding hydrogens is 316 g/mol. The van der Waals surface area contributed by atoms with E-state index in [1.54, 1.807) is 25.5 Å². The van der Waals surface area contributed by atoms with E-state index < -0.39 is 0 Å². The summed E-state index contributed by atoms with van der Waals surface area (Å²) in [6, 6.07) is 5.98. The molecule has 0 amide bonds. The standard InChI is InChI=1S/C17H18N8/c1-9-6-11-12(7-10(9)2)23-16(22-11)15-13(8-20-25-15)21-14-4-5-19-17(18-3)24-14/h4-8H,1-3H3,(H,20,25)(H,22,23)(H2,18,19,21,24). The molecule has 0 saturated heterocycles. The Morgan fingerprint density at radius 1 is 1.08 bits per heavy atom. The molecule has 3 aromatic heterocycles. The van der Waals surface area contributed by atoms with Crippen molar-refractivity contribution in [2.24, 2.45) is 0 Å². The molecule has 4 rings (SSSR count). The smallest absolute Gasteiger partial charge is 0.224 e. The molecule has 0 aliphatic heterocycles. The third-order valence-electron chi connectivity index (χ3n) is 4.12. The van der Waals surface area contributed by atoms with E-state index in [0.29, 0.717) is 11.8 Å². The van der Waals surface area contributed by atoms with Gasteiger partial charge in [-0.15, -0.1) is 0 Å². The van der Waals surface area contributed by atoms with E-state index >= 15 is 0 Å². The number of imidazole rings is 1. The van der Waals surface area contributed by atoms with Gasteiger partial charge in [0.05, 0.1) is 22.9 Å². The van der Waals surface area contributed by atoms with E-state index in [0.717, 1.165) is 28.2 Å². The Bertz CT molecular complexity index is 1010. The van der Waals surface area contributed by atoms with Gasteiger partial charge in [-0.05, 0) is 43.2 Å². The van der Waals surface area contributed by atoms with Gasteiger partial charge in [-0.25, -0.2) is 9.97 Å². The van der Waals surface area contributed by atoms with Crippen LogP contribution in [0.4, 0.5) is 17.5 Å². The summed E-state index contributed by atoms with van der Waals surface area (Å²) in [7, 11) is 1.78. The van der Waals surface area contributed by atoms with Crippen molar-refractivity contribution < 1.29 is 0 Å². The number of hydrogen-bond donors (Lipinski definition) is 4. The summed E-state index contributed by atoms with van der Waals surface area (Å²) in [5.74, 6) is 1.94. The minimum Gasteiger partial charge on any atom is -0.357 e. The van der Waals surface area contributed by atoms with Crippen molar-refractivity contribution in [2.45, 2.75) is 13.8 Å². The van der Waals surface area contributed by atoms with Crippen molar-refractivity contribution >= 4 is 28.5 Å². The molecule has 1 aromatic carbocycles. The lowest BCUT2D eigenvalue weighted by atomic mass is 10.1. The highest BCUT2D eigenvalue weighted by Gasteiger charge is 2.13. The van der Waals surface area contributed by atoms with Gasteiger partial charge < -0.3 is 15.6 Å². The molecule has 0 radical (unpaired) electrons. The van der Waals surface area contributed by atoms with Crippen LogP contribution in [0.3, 0.4) is 0 Å². The van der Waals surface area contributed by atoms with Crippen LogP contribution in [0.1, 0.15) is 11.1 Å². The number of benzene rings is 1. The van der Waals surface area contributed by atoms with Crippen LogP contribution in [0.15, 0.2) is 30.6 Å². The average molecular weight is 334 g/mol. The highest BCUT2D eigenvalue weighted by atomic mass is 15.2. The van der Waals surface area contributed by atoms with Gasteiger partial charge in [-0.3, -0.25) is 5.10 Å². The Labute approximate surface area is 144 Å². The molecule has 0 atom stereocenters. The van der Waals surface area contributed by atoms with Crippen molar-refractivity contribution in [3.05, 3.63) is 41.7 Å². The first-order valence-electron chi connectivity index (χ1n) is 7.92. The summed E-state index contributed by atoms with van der Waals surface area (Å²) < 4.78 is 0. The molecule has 0 spiro atoms. The van der Waals surface area contributed by atoms with Crippen LogP contribution in [-0.4, -0.2) is 37.2 Å². The van der Waals surface area contributed by atoms with Crippen LogP contribution in [-0.2, 0) is 0 Å². The quantitative estimate of drug-likeness (QED) is 0.457. The largest absolute Gasteiger partial charge is 0.357 e. The van der Waals surface area contributed by atoms with E-state index in [9.17, 15) is 0 Å². The predicted molar refractivity (Wildman–Crippen MR) is 98.0 cm³/mol. The minimum absolute atomic E-state index is 0.546. The second-order valence-corrected chi connectivity index (χ2v) is 5.84. The summed E-state index contributed by atoms with van der Waals surface area (Å²) in [6.45, 7) is 4.17. The molecule has 0 aliphatic carbocycles. The average Bonchev–Trinajstić information content (AvgIpc) is 3.22. The summed E-state index contributed by atoms with van der Waals surface area (Å²) in [6.07, 6.45) is 3.40. The van der Waals surface area contributed by atoms with Gasteiger partial charge in [-0.1, -0.05) is 0 Å². The molecule has 126 valence electrons. The zero-order valence-electron chi connectivity index (χ0n) is 14.2. The molecule has 0 bridgehead atoms. The highest BCUT2D eigenvalue weighted by molar-refractivity contribution is 5.83. The molecule has 4 aromatic rings. The van der Waals surface area contributed by atoms with Crippen LogP contribution in [0, 0.1) is 13.8 Å². The van der Waals surface area contributed by atoms with Crippen molar-refractivity contribution in [3.8, 4) is 11.5 Å². The van der Waals surface area contributed by atoms with Crippen molar-refractivity contribution in [1.29, 1.82) is 0 Å². The zero-order chi connectivity index (χ0) is 17.4. The molecule has 8 nitrogen and oxygen atoms in total. The molecule has 0 saturated carbocycles. The van der Waals surface area contributed by atoms with Gasteiger partial charge in [0.25, 0.3) is 0 Å². The zero-order valence-corrected chi connectivity index (χ0v) is 14.2. The van der Waals surface area contributed by atoms with E-state index in [2.05, 4.69) is 66.7 Å². The SMILES string of the molecule is CNc1nccc(Nc2cn[nH]c2-c2nc3cc(C)c(C)cc3[nH]2)n1. The molecule has 0 aliphatic rings. The van der Waals surface area contributed by atoms with Gasteiger partial charge in [0, 0.05) is 13.2 Å². The number of nitrogens with zero attached hydrogens (tertiary/aromatic N) is 4. The Balaban J connectivity index is 1.71. The molecule has 0 unspecified atom stereocenters. The van der Waals surface area contributed by atoms with Gasteiger partial charge in [0.1, 0.15) is 11.5 Å². The monoisotopic (exact) mass is 334 g/mol. The summed E-state index contributed by atoms with van der Waals surface area (Å²) in [5, 5.41) is 13.3. The summed E-state index contributed by atoms with van der Waals surface area (Å²) in [5.41, 5.74) is 5.93. The lowest BCUT2D eigenvalue weighted by molar-refractivity contribution is 1.08.